The Hall–Kier alpha value is -0.0800. The van der Waals surface area contributed by atoms with E-state index in [0.29, 0.717) is 0 Å². The first-order valence-electron chi connectivity index (χ1n) is 5.26. The van der Waals surface area contributed by atoms with E-state index in [4.69, 9.17) is 5.73 Å². The predicted octanol–water partition coefficient (Wildman–Crippen LogP) is 1.90. The van der Waals surface area contributed by atoms with E-state index >= 15 is 0 Å². The van der Waals surface area contributed by atoms with Gasteiger partial charge in [-0.2, -0.15) is 0 Å². The summed E-state index contributed by atoms with van der Waals surface area (Å²) in [5.74, 6) is 0. The smallest absolute Gasteiger partial charge is 0.00519 e. The molecule has 0 spiro atoms. The minimum atomic E-state index is 0.861. The number of nitrogens with one attached hydrogen (secondary N) is 1. The molecule has 0 radical (unpaired) electrons. The van der Waals surface area contributed by atoms with Gasteiger partial charge in [0.25, 0.3) is 0 Å². The zero-order chi connectivity index (χ0) is 9.07. The minimum Gasteiger partial charge on any atom is -0.330 e. The van der Waals surface area contributed by atoms with E-state index < -0.39 is 0 Å². The van der Waals surface area contributed by atoms with Crippen molar-refractivity contribution >= 4 is 0 Å². The number of hydrogen-bond donors (Lipinski definition) is 2. The standard InChI is InChI=1S/C10H24N2/c1-12-10-8-6-4-2-3-5-7-9-11/h12H,2-11H2,1H3. The lowest BCUT2D eigenvalue weighted by atomic mass is 10.1. The molecule has 0 amide bonds. The summed E-state index contributed by atoms with van der Waals surface area (Å²) < 4.78 is 0. The van der Waals surface area contributed by atoms with Crippen LogP contribution in [-0.4, -0.2) is 20.1 Å². The second-order valence-corrected chi connectivity index (χ2v) is 3.37. The first-order chi connectivity index (χ1) is 5.91. The summed E-state index contributed by atoms with van der Waals surface area (Å²) in [5, 5.41) is 3.16. The molecule has 12 heavy (non-hydrogen) atoms. The summed E-state index contributed by atoms with van der Waals surface area (Å²) >= 11 is 0. The van der Waals surface area contributed by atoms with Gasteiger partial charge in [-0.25, -0.2) is 0 Å². The van der Waals surface area contributed by atoms with Crippen molar-refractivity contribution < 1.29 is 0 Å². The lowest BCUT2D eigenvalue weighted by Gasteiger charge is -2.00. The molecule has 0 heterocycles. The first kappa shape index (κ1) is 11.9. The lowest BCUT2D eigenvalue weighted by Crippen LogP contribution is -2.06. The molecule has 0 rings (SSSR count). The van der Waals surface area contributed by atoms with E-state index in [2.05, 4.69) is 5.32 Å². The van der Waals surface area contributed by atoms with Crippen molar-refractivity contribution in [2.75, 3.05) is 20.1 Å². The molecule has 0 atom stereocenters. The molecule has 2 nitrogen and oxygen atoms in total. The fraction of sp³-hybridized carbons (Fsp3) is 1.00. The van der Waals surface area contributed by atoms with Crippen molar-refractivity contribution in [3.63, 3.8) is 0 Å². The number of unbranched alkanes of at least 4 members (excludes halogenated alkanes) is 6. The van der Waals surface area contributed by atoms with Crippen LogP contribution >= 0.6 is 0 Å². The van der Waals surface area contributed by atoms with E-state index in [1.807, 2.05) is 7.05 Å². The molecule has 0 bridgehead atoms. The first-order valence-corrected chi connectivity index (χ1v) is 5.26. The van der Waals surface area contributed by atoms with Gasteiger partial charge in [0.05, 0.1) is 0 Å². The van der Waals surface area contributed by atoms with E-state index in [1.165, 1.54) is 51.5 Å². The summed E-state index contributed by atoms with van der Waals surface area (Å²) in [6.07, 6.45) is 9.39. The maximum absolute atomic E-state index is 5.40. The topological polar surface area (TPSA) is 38.0 Å². The third-order valence-electron chi connectivity index (χ3n) is 2.13. The third-order valence-corrected chi connectivity index (χ3v) is 2.13. The van der Waals surface area contributed by atoms with Crippen molar-refractivity contribution in [3.8, 4) is 0 Å². The third kappa shape index (κ3) is 9.92. The molecule has 3 N–H and O–H groups in total. The highest BCUT2D eigenvalue weighted by atomic mass is 14.8. The van der Waals surface area contributed by atoms with E-state index in [1.54, 1.807) is 0 Å². The van der Waals surface area contributed by atoms with Gasteiger partial charge in [0.1, 0.15) is 0 Å². The molecule has 0 aliphatic rings. The lowest BCUT2D eigenvalue weighted by molar-refractivity contribution is 0.572. The molecule has 0 fully saturated rings. The van der Waals surface area contributed by atoms with E-state index in [0.717, 1.165) is 6.54 Å². The fourth-order valence-electron chi connectivity index (χ4n) is 1.33. The van der Waals surface area contributed by atoms with Gasteiger partial charge in [-0.1, -0.05) is 32.1 Å². The van der Waals surface area contributed by atoms with Gasteiger partial charge in [0.15, 0.2) is 0 Å². The van der Waals surface area contributed by atoms with Gasteiger partial charge >= 0.3 is 0 Å². The molecular formula is C10H24N2. The highest BCUT2D eigenvalue weighted by molar-refractivity contribution is 4.47. The average molecular weight is 172 g/mol. The Balaban J connectivity index is 2.73. The molecule has 0 aliphatic heterocycles. The van der Waals surface area contributed by atoms with Crippen molar-refractivity contribution in [1.82, 2.24) is 5.32 Å². The van der Waals surface area contributed by atoms with Crippen molar-refractivity contribution in [2.45, 2.75) is 44.9 Å². The van der Waals surface area contributed by atoms with Crippen LogP contribution in [0.2, 0.25) is 0 Å². The molecule has 2 heteroatoms. The minimum absolute atomic E-state index is 0.861. The quantitative estimate of drug-likeness (QED) is 0.521. The highest BCUT2D eigenvalue weighted by Gasteiger charge is 1.89. The second-order valence-electron chi connectivity index (χ2n) is 3.37. The molecule has 0 aromatic rings. The van der Waals surface area contributed by atoms with Crippen LogP contribution in [0.5, 0.6) is 0 Å². The Kier molecular flexibility index (Phi) is 10.8. The van der Waals surface area contributed by atoms with Crippen LogP contribution in [0, 0.1) is 0 Å². The normalized spacial score (nSPS) is 10.5. The maximum atomic E-state index is 5.40. The van der Waals surface area contributed by atoms with Gasteiger partial charge < -0.3 is 11.1 Å². The maximum Gasteiger partial charge on any atom is -0.00519 e. The van der Waals surface area contributed by atoms with Gasteiger partial charge in [-0.3, -0.25) is 0 Å². The molecule has 0 aliphatic carbocycles. The Bertz CT molecular complexity index is 64.2. The molecule has 0 saturated heterocycles. The average Bonchev–Trinajstić information content (AvgIpc) is 2.10. The molecule has 0 aromatic carbocycles. The molecule has 0 aromatic heterocycles. The molecule has 0 saturated carbocycles. The van der Waals surface area contributed by atoms with Crippen LogP contribution in [0.1, 0.15) is 44.9 Å². The number of nitrogens with two attached hydrogens (primary N) is 1. The largest absolute Gasteiger partial charge is 0.330 e. The number of hydrogen-bond acceptors (Lipinski definition) is 2. The Morgan fingerprint density at radius 1 is 0.833 bits per heavy atom. The Morgan fingerprint density at radius 3 is 1.83 bits per heavy atom. The summed E-state index contributed by atoms with van der Waals surface area (Å²) in [7, 11) is 2.02. The zero-order valence-electron chi connectivity index (χ0n) is 8.44. The summed E-state index contributed by atoms with van der Waals surface area (Å²) in [4.78, 5) is 0. The zero-order valence-corrected chi connectivity index (χ0v) is 8.44. The molecular weight excluding hydrogens is 148 g/mol. The van der Waals surface area contributed by atoms with Gasteiger partial charge in [-0.15, -0.1) is 0 Å². The van der Waals surface area contributed by atoms with Crippen LogP contribution in [0.15, 0.2) is 0 Å². The van der Waals surface area contributed by atoms with Gasteiger partial charge in [0.2, 0.25) is 0 Å². The Morgan fingerprint density at radius 2 is 1.33 bits per heavy atom. The molecule has 0 unspecified atom stereocenters. The monoisotopic (exact) mass is 172 g/mol. The van der Waals surface area contributed by atoms with Gasteiger partial charge in [-0.05, 0) is 33.0 Å². The van der Waals surface area contributed by atoms with Crippen molar-refractivity contribution in [3.05, 3.63) is 0 Å². The predicted molar refractivity (Wildman–Crippen MR) is 55.3 cm³/mol. The van der Waals surface area contributed by atoms with Crippen LogP contribution in [0.3, 0.4) is 0 Å². The fourth-order valence-corrected chi connectivity index (χ4v) is 1.33. The summed E-state index contributed by atoms with van der Waals surface area (Å²) in [5.41, 5.74) is 5.40. The van der Waals surface area contributed by atoms with Crippen LogP contribution in [-0.2, 0) is 0 Å². The second kappa shape index (κ2) is 10.9. The summed E-state index contributed by atoms with van der Waals surface area (Å²) in [6.45, 7) is 2.03. The Labute approximate surface area is 76.9 Å². The van der Waals surface area contributed by atoms with Crippen molar-refractivity contribution in [2.24, 2.45) is 5.73 Å². The van der Waals surface area contributed by atoms with Crippen LogP contribution in [0.4, 0.5) is 0 Å². The number of rotatable bonds is 9. The van der Waals surface area contributed by atoms with Gasteiger partial charge in [0, 0.05) is 0 Å². The summed E-state index contributed by atoms with van der Waals surface area (Å²) in [6, 6.07) is 0. The SMILES string of the molecule is CNCCCCCCCCCN. The van der Waals surface area contributed by atoms with Crippen molar-refractivity contribution in [1.29, 1.82) is 0 Å². The van der Waals surface area contributed by atoms with E-state index in [9.17, 15) is 0 Å². The van der Waals surface area contributed by atoms with E-state index in [-0.39, 0.29) is 0 Å². The van der Waals surface area contributed by atoms with Crippen LogP contribution in [0.25, 0.3) is 0 Å². The highest BCUT2D eigenvalue weighted by Crippen LogP contribution is 2.05. The molecule has 74 valence electrons. The van der Waals surface area contributed by atoms with Crippen LogP contribution < -0.4 is 11.1 Å².